The van der Waals surface area contributed by atoms with Crippen LogP contribution in [0.1, 0.15) is 56.0 Å². The molecule has 1 saturated carbocycles. The Morgan fingerprint density at radius 1 is 1.17 bits per heavy atom. The quantitative estimate of drug-likeness (QED) is 0.747. The second-order valence-corrected chi connectivity index (χ2v) is 10.0. The van der Waals surface area contributed by atoms with Crippen LogP contribution >= 0.6 is 0 Å². The summed E-state index contributed by atoms with van der Waals surface area (Å²) < 4.78 is 32.8. The molecule has 0 unspecified atom stereocenters. The molecule has 30 heavy (non-hydrogen) atoms. The van der Waals surface area contributed by atoms with Crippen LogP contribution in [0.2, 0.25) is 0 Å². The molecule has 160 valence electrons. The van der Waals surface area contributed by atoms with Gasteiger partial charge in [-0.2, -0.15) is 4.31 Å². The van der Waals surface area contributed by atoms with Gasteiger partial charge in [-0.3, -0.25) is 4.79 Å². The van der Waals surface area contributed by atoms with Crippen molar-refractivity contribution in [2.24, 2.45) is 5.92 Å². The second kappa shape index (κ2) is 8.35. The number of nitrogens with one attached hydrogen (secondary N) is 1. The Balaban J connectivity index is 1.49. The number of amides is 1. The number of sulfonamides is 1. The van der Waals surface area contributed by atoms with Crippen LogP contribution in [0.4, 0.5) is 5.69 Å². The van der Waals surface area contributed by atoms with E-state index in [4.69, 9.17) is 4.52 Å². The highest BCUT2D eigenvalue weighted by Gasteiger charge is 2.31. The predicted molar refractivity (Wildman–Crippen MR) is 115 cm³/mol. The Kier molecular flexibility index (Phi) is 5.79. The summed E-state index contributed by atoms with van der Waals surface area (Å²) in [6, 6.07) is 6.84. The van der Waals surface area contributed by atoms with Crippen molar-refractivity contribution in [2.75, 3.05) is 11.9 Å². The first-order chi connectivity index (χ1) is 14.4. The number of carbonyl (C=O) groups is 1. The van der Waals surface area contributed by atoms with E-state index < -0.39 is 10.0 Å². The minimum absolute atomic E-state index is 0.00236. The van der Waals surface area contributed by atoms with Gasteiger partial charge in [0.1, 0.15) is 11.4 Å². The van der Waals surface area contributed by atoms with Gasteiger partial charge < -0.3 is 9.84 Å². The van der Waals surface area contributed by atoms with Crippen molar-refractivity contribution in [1.82, 2.24) is 9.46 Å². The third-order valence-corrected chi connectivity index (χ3v) is 7.77. The van der Waals surface area contributed by atoms with Gasteiger partial charge in [-0.25, -0.2) is 8.42 Å². The van der Waals surface area contributed by atoms with Crippen LogP contribution in [-0.4, -0.2) is 36.4 Å². The number of benzene rings is 1. The first-order valence-corrected chi connectivity index (χ1v) is 11.9. The van der Waals surface area contributed by atoms with Crippen LogP contribution in [0.5, 0.6) is 0 Å². The van der Waals surface area contributed by atoms with Crippen molar-refractivity contribution in [3.63, 3.8) is 0 Å². The molecule has 0 spiro atoms. The summed E-state index contributed by atoms with van der Waals surface area (Å²) in [5.74, 6) is 0.561. The lowest BCUT2D eigenvalue weighted by Crippen LogP contribution is -2.41. The molecule has 2 aliphatic rings. The van der Waals surface area contributed by atoms with Crippen LogP contribution in [0.15, 0.2) is 33.7 Å². The normalized spacial score (nSPS) is 20.5. The number of hydrogen-bond donors (Lipinski definition) is 1. The molecule has 1 aliphatic carbocycles. The number of rotatable bonds is 6. The Labute approximate surface area is 177 Å². The van der Waals surface area contributed by atoms with Gasteiger partial charge in [0.15, 0.2) is 5.76 Å². The Morgan fingerprint density at radius 3 is 2.57 bits per heavy atom. The highest BCUT2D eigenvalue weighted by Crippen LogP contribution is 2.32. The minimum atomic E-state index is -3.48. The van der Waals surface area contributed by atoms with E-state index in [-0.39, 0.29) is 17.9 Å². The van der Waals surface area contributed by atoms with Crippen molar-refractivity contribution >= 4 is 33.8 Å². The molecular formula is C22H27N3O4S. The molecule has 2 aromatic rings. The molecule has 0 bridgehead atoms. The average molecular weight is 430 g/mol. The van der Waals surface area contributed by atoms with E-state index >= 15 is 0 Å². The van der Waals surface area contributed by atoms with Gasteiger partial charge in [0.05, 0.1) is 4.90 Å². The van der Waals surface area contributed by atoms with E-state index in [1.807, 2.05) is 13.0 Å². The third-order valence-electron chi connectivity index (χ3n) is 5.74. The van der Waals surface area contributed by atoms with Crippen LogP contribution in [0.25, 0.3) is 12.2 Å². The van der Waals surface area contributed by atoms with Crippen LogP contribution < -0.4 is 5.32 Å². The first-order valence-electron chi connectivity index (χ1n) is 10.4. The summed E-state index contributed by atoms with van der Waals surface area (Å²) in [6.07, 6.45) is 8.27. The molecule has 1 N–H and O–H groups in total. The summed E-state index contributed by atoms with van der Waals surface area (Å²) in [6.45, 7) is 4.32. The summed E-state index contributed by atoms with van der Waals surface area (Å²) >= 11 is 0. The average Bonchev–Trinajstić information content (AvgIpc) is 3.53. The van der Waals surface area contributed by atoms with Gasteiger partial charge in [-0.1, -0.05) is 29.8 Å². The highest BCUT2D eigenvalue weighted by molar-refractivity contribution is 7.89. The Bertz CT molecular complexity index is 1050. The van der Waals surface area contributed by atoms with Crippen LogP contribution in [-0.2, 0) is 14.8 Å². The van der Waals surface area contributed by atoms with E-state index in [0.29, 0.717) is 28.6 Å². The molecule has 7 nitrogen and oxygen atoms in total. The molecule has 1 saturated heterocycles. The van der Waals surface area contributed by atoms with Gasteiger partial charge in [-0.05, 0) is 63.3 Å². The van der Waals surface area contributed by atoms with Crippen molar-refractivity contribution in [3.05, 3.63) is 41.3 Å². The number of carbonyl (C=O) groups excluding carboxylic acids is 1. The van der Waals surface area contributed by atoms with Crippen molar-refractivity contribution in [3.8, 4) is 0 Å². The zero-order valence-corrected chi connectivity index (χ0v) is 18.1. The molecule has 1 aromatic carbocycles. The molecule has 1 amide bonds. The molecule has 1 aliphatic heterocycles. The van der Waals surface area contributed by atoms with Gasteiger partial charge in [0.25, 0.3) is 0 Å². The maximum absolute atomic E-state index is 12.9. The van der Waals surface area contributed by atoms with Crippen molar-refractivity contribution in [2.45, 2.75) is 56.9 Å². The first kappa shape index (κ1) is 20.8. The maximum Gasteiger partial charge on any atom is 0.243 e. The lowest BCUT2D eigenvalue weighted by Gasteiger charge is -2.32. The molecule has 1 atom stereocenters. The molecule has 2 heterocycles. The zero-order chi connectivity index (χ0) is 21.3. The van der Waals surface area contributed by atoms with Crippen molar-refractivity contribution < 1.29 is 17.7 Å². The van der Waals surface area contributed by atoms with Gasteiger partial charge in [0.2, 0.25) is 15.9 Å². The van der Waals surface area contributed by atoms with Gasteiger partial charge in [-0.15, -0.1) is 0 Å². The Hall–Kier alpha value is -2.45. The SMILES string of the molecule is Cc1noc(/C=C\c2ccc(S(=O)(=O)N3CCCC[C@H]3C)cc2)c1NC(=O)C1CC1. The summed E-state index contributed by atoms with van der Waals surface area (Å²) in [5, 5.41) is 6.84. The number of aromatic nitrogens is 1. The number of piperidine rings is 1. The van der Waals surface area contributed by atoms with E-state index in [1.165, 1.54) is 0 Å². The molecule has 8 heteroatoms. The van der Waals surface area contributed by atoms with E-state index in [2.05, 4.69) is 10.5 Å². The van der Waals surface area contributed by atoms with Crippen molar-refractivity contribution in [1.29, 1.82) is 0 Å². The number of hydrogen-bond acceptors (Lipinski definition) is 5. The molecule has 4 rings (SSSR count). The van der Waals surface area contributed by atoms with E-state index in [0.717, 1.165) is 37.7 Å². The fourth-order valence-corrected chi connectivity index (χ4v) is 5.41. The van der Waals surface area contributed by atoms with Gasteiger partial charge in [0, 0.05) is 18.5 Å². The van der Waals surface area contributed by atoms with Crippen LogP contribution in [0, 0.1) is 12.8 Å². The lowest BCUT2D eigenvalue weighted by molar-refractivity contribution is -0.117. The fourth-order valence-electron chi connectivity index (χ4n) is 3.71. The van der Waals surface area contributed by atoms with E-state index in [1.54, 1.807) is 41.6 Å². The van der Waals surface area contributed by atoms with Crippen LogP contribution in [0.3, 0.4) is 0 Å². The largest absolute Gasteiger partial charge is 0.354 e. The topological polar surface area (TPSA) is 92.5 Å². The minimum Gasteiger partial charge on any atom is -0.354 e. The highest BCUT2D eigenvalue weighted by atomic mass is 32.2. The molecular weight excluding hydrogens is 402 g/mol. The lowest BCUT2D eigenvalue weighted by atomic mass is 10.1. The molecule has 1 aromatic heterocycles. The standard InChI is InChI=1S/C22H27N3O4S/c1-15-5-3-4-14-25(15)30(27,28)19-11-6-17(7-12-19)8-13-20-21(16(2)24-29-20)23-22(26)18-9-10-18/h6-8,11-13,15,18H,3-5,9-10,14H2,1-2H3,(H,23,26)/b13-8-/t15-/m1/s1. The third kappa shape index (κ3) is 4.34. The Morgan fingerprint density at radius 2 is 1.90 bits per heavy atom. The second-order valence-electron chi connectivity index (χ2n) is 8.13. The summed E-state index contributed by atoms with van der Waals surface area (Å²) in [4.78, 5) is 12.4. The summed E-state index contributed by atoms with van der Waals surface area (Å²) in [5.41, 5.74) is 2.04. The monoisotopic (exact) mass is 429 g/mol. The zero-order valence-electron chi connectivity index (χ0n) is 17.3. The van der Waals surface area contributed by atoms with E-state index in [9.17, 15) is 13.2 Å². The smallest absolute Gasteiger partial charge is 0.243 e. The number of anilines is 1. The fraction of sp³-hybridized carbons (Fsp3) is 0.455. The molecule has 0 radical (unpaired) electrons. The summed E-state index contributed by atoms with van der Waals surface area (Å²) in [7, 11) is -3.48. The van der Waals surface area contributed by atoms with Gasteiger partial charge >= 0.3 is 0 Å². The predicted octanol–water partition coefficient (Wildman–Crippen LogP) is 4.07. The molecule has 2 fully saturated rings. The number of nitrogens with zero attached hydrogens (tertiary/aromatic N) is 2. The maximum atomic E-state index is 12.9. The number of aryl methyl sites for hydroxylation is 1.